The predicted octanol–water partition coefficient (Wildman–Crippen LogP) is 1.64. The van der Waals surface area contributed by atoms with Crippen LogP contribution >= 0.6 is 11.3 Å². The normalized spacial score (nSPS) is 17.8. The quantitative estimate of drug-likeness (QED) is 0.788. The van der Waals surface area contributed by atoms with Gasteiger partial charge >= 0.3 is 0 Å². The second kappa shape index (κ2) is 5.58. The summed E-state index contributed by atoms with van der Waals surface area (Å²) >= 11 is 1.39. The van der Waals surface area contributed by atoms with E-state index in [-0.39, 0.29) is 11.9 Å². The van der Waals surface area contributed by atoms with Gasteiger partial charge in [-0.3, -0.25) is 14.6 Å². The Morgan fingerprint density at radius 2 is 2.39 bits per heavy atom. The Bertz CT molecular complexity index is 822. The van der Waals surface area contributed by atoms with E-state index < -0.39 is 0 Å². The molecule has 0 bridgehead atoms. The largest absolute Gasteiger partial charge is 0.330 e. The van der Waals surface area contributed by atoms with Gasteiger partial charge in [-0.25, -0.2) is 9.97 Å². The second-order valence-corrected chi connectivity index (χ2v) is 6.33. The number of nitrogens with zero attached hydrogens (tertiary/aromatic N) is 6. The van der Waals surface area contributed by atoms with E-state index in [1.165, 1.54) is 17.7 Å². The Hall–Kier alpha value is -2.55. The molecule has 1 atom stereocenters. The Labute approximate surface area is 136 Å². The maximum atomic E-state index is 12.8. The zero-order chi connectivity index (χ0) is 15.8. The SMILES string of the molecule is Cn1cc([C@H]2CCCN2C(=O)c2csc(-c3ncn[nH]3)n2)cn1. The summed E-state index contributed by atoms with van der Waals surface area (Å²) in [6, 6.07) is 0.0756. The van der Waals surface area contributed by atoms with Crippen LogP contribution in [0.2, 0.25) is 0 Å². The zero-order valence-electron chi connectivity index (χ0n) is 12.5. The highest BCUT2D eigenvalue weighted by molar-refractivity contribution is 7.13. The number of amides is 1. The lowest BCUT2D eigenvalue weighted by atomic mass is 10.1. The summed E-state index contributed by atoms with van der Waals surface area (Å²) in [4.78, 5) is 23.2. The molecule has 1 amide bonds. The number of thiazole rings is 1. The van der Waals surface area contributed by atoms with Crippen LogP contribution in [0.25, 0.3) is 10.8 Å². The molecule has 4 heterocycles. The highest BCUT2D eigenvalue weighted by Crippen LogP contribution is 2.33. The van der Waals surface area contributed by atoms with E-state index in [1.54, 1.807) is 10.1 Å². The summed E-state index contributed by atoms with van der Waals surface area (Å²) in [5.41, 5.74) is 1.53. The van der Waals surface area contributed by atoms with Crippen LogP contribution in [0.5, 0.6) is 0 Å². The summed E-state index contributed by atoms with van der Waals surface area (Å²) in [6.07, 6.45) is 7.17. The van der Waals surface area contributed by atoms with E-state index in [1.807, 2.05) is 24.3 Å². The first-order valence-electron chi connectivity index (χ1n) is 7.33. The maximum Gasteiger partial charge on any atom is 0.273 e. The molecule has 4 rings (SSSR count). The van der Waals surface area contributed by atoms with Crippen LogP contribution in [0.4, 0.5) is 0 Å². The van der Waals surface area contributed by atoms with E-state index in [9.17, 15) is 4.79 Å². The van der Waals surface area contributed by atoms with Gasteiger partial charge in [0.1, 0.15) is 12.0 Å². The lowest BCUT2D eigenvalue weighted by molar-refractivity contribution is 0.0730. The Morgan fingerprint density at radius 1 is 1.48 bits per heavy atom. The first-order valence-corrected chi connectivity index (χ1v) is 8.21. The number of aryl methyl sites for hydroxylation is 1. The van der Waals surface area contributed by atoms with Crippen LogP contribution in [-0.4, -0.2) is 47.3 Å². The van der Waals surface area contributed by atoms with Crippen LogP contribution in [0, 0.1) is 0 Å². The Kier molecular flexibility index (Phi) is 3.41. The summed E-state index contributed by atoms with van der Waals surface area (Å²) < 4.78 is 1.77. The van der Waals surface area contributed by atoms with Gasteiger partial charge in [0.05, 0.1) is 12.2 Å². The number of rotatable bonds is 3. The monoisotopic (exact) mass is 329 g/mol. The first kappa shape index (κ1) is 14.1. The predicted molar refractivity (Wildman–Crippen MR) is 83.7 cm³/mol. The van der Waals surface area contributed by atoms with E-state index in [4.69, 9.17) is 0 Å². The minimum absolute atomic E-state index is 0.0432. The van der Waals surface area contributed by atoms with E-state index >= 15 is 0 Å². The summed E-state index contributed by atoms with van der Waals surface area (Å²) in [5, 5.41) is 13.2. The smallest absolute Gasteiger partial charge is 0.273 e. The molecule has 0 spiro atoms. The molecule has 0 radical (unpaired) electrons. The van der Waals surface area contributed by atoms with Gasteiger partial charge in [0, 0.05) is 30.7 Å². The third kappa shape index (κ3) is 2.52. The summed E-state index contributed by atoms with van der Waals surface area (Å²) in [6.45, 7) is 0.744. The molecule has 1 aliphatic rings. The van der Waals surface area contributed by atoms with Gasteiger partial charge in [-0.1, -0.05) is 0 Å². The minimum atomic E-state index is -0.0432. The molecule has 8 nitrogen and oxygen atoms in total. The number of aromatic nitrogens is 6. The zero-order valence-corrected chi connectivity index (χ0v) is 13.3. The lowest BCUT2D eigenvalue weighted by Crippen LogP contribution is -2.30. The fourth-order valence-electron chi connectivity index (χ4n) is 2.90. The third-order valence-electron chi connectivity index (χ3n) is 3.96. The molecule has 9 heteroatoms. The van der Waals surface area contributed by atoms with Gasteiger partial charge in [0.2, 0.25) is 0 Å². The van der Waals surface area contributed by atoms with Crippen molar-refractivity contribution in [3.63, 3.8) is 0 Å². The van der Waals surface area contributed by atoms with Crippen LogP contribution < -0.4 is 0 Å². The molecule has 3 aromatic heterocycles. The van der Waals surface area contributed by atoms with Crippen molar-refractivity contribution < 1.29 is 4.79 Å². The molecule has 1 aliphatic heterocycles. The van der Waals surface area contributed by atoms with Gasteiger partial charge in [0.15, 0.2) is 10.8 Å². The summed E-state index contributed by atoms with van der Waals surface area (Å²) in [7, 11) is 1.88. The molecular formula is C14H15N7OS. The van der Waals surface area contributed by atoms with Gasteiger partial charge < -0.3 is 4.90 Å². The van der Waals surface area contributed by atoms with Crippen molar-refractivity contribution >= 4 is 17.2 Å². The topological polar surface area (TPSA) is 92.6 Å². The fraction of sp³-hybridized carbons (Fsp3) is 0.357. The number of hydrogen-bond donors (Lipinski definition) is 1. The minimum Gasteiger partial charge on any atom is -0.330 e. The van der Waals surface area contributed by atoms with Crippen LogP contribution in [-0.2, 0) is 7.05 Å². The average molecular weight is 329 g/mol. The highest BCUT2D eigenvalue weighted by atomic mass is 32.1. The van der Waals surface area contributed by atoms with Crippen molar-refractivity contribution in [2.45, 2.75) is 18.9 Å². The number of carbonyl (C=O) groups is 1. The van der Waals surface area contributed by atoms with Crippen molar-refractivity contribution in [3.8, 4) is 10.8 Å². The molecule has 23 heavy (non-hydrogen) atoms. The van der Waals surface area contributed by atoms with E-state index in [2.05, 4.69) is 25.3 Å². The van der Waals surface area contributed by atoms with Crippen molar-refractivity contribution in [1.82, 2.24) is 34.8 Å². The Morgan fingerprint density at radius 3 is 3.13 bits per heavy atom. The maximum absolute atomic E-state index is 12.8. The van der Waals surface area contributed by atoms with Crippen LogP contribution in [0.1, 0.15) is 34.9 Å². The molecule has 0 aliphatic carbocycles. The number of aromatic amines is 1. The molecule has 1 N–H and O–H groups in total. The van der Waals surface area contributed by atoms with Crippen molar-refractivity contribution in [2.24, 2.45) is 7.05 Å². The second-order valence-electron chi connectivity index (χ2n) is 5.48. The van der Waals surface area contributed by atoms with Gasteiger partial charge in [-0.2, -0.15) is 10.2 Å². The first-order chi connectivity index (χ1) is 11.2. The number of carbonyl (C=O) groups excluding carboxylic acids is 1. The van der Waals surface area contributed by atoms with Gasteiger partial charge in [-0.05, 0) is 12.8 Å². The number of likely N-dealkylation sites (tertiary alicyclic amines) is 1. The fourth-order valence-corrected chi connectivity index (χ4v) is 3.64. The number of H-pyrrole nitrogens is 1. The highest BCUT2D eigenvalue weighted by Gasteiger charge is 2.32. The van der Waals surface area contributed by atoms with E-state index in [0.717, 1.165) is 24.9 Å². The van der Waals surface area contributed by atoms with Crippen molar-refractivity contribution in [1.29, 1.82) is 0 Å². The van der Waals surface area contributed by atoms with Crippen molar-refractivity contribution in [3.05, 3.63) is 35.4 Å². The van der Waals surface area contributed by atoms with Crippen LogP contribution in [0.15, 0.2) is 24.1 Å². The van der Waals surface area contributed by atoms with Gasteiger partial charge in [0.25, 0.3) is 5.91 Å². The summed E-state index contributed by atoms with van der Waals surface area (Å²) in [5.74, 6) is 0.539. The molecule has 1 saturated heterocycles. The molecule has 1 fully saturated rings. The molecule has 118 valence electrons. The lowest BCUT2D eigenvalue weighted by Gasteiger charge is -2.22. The van der Waals surface area contributed by atoms with Gasteiger partial charge in [-0.15, -0.1) is 11.3 Å². The van der Waals surface area contributed by atoms with E-state index in [0.29, 0.717) is 16.5 Å². The molecule has 0 saturated carbocycles. The van der Waals surface area contributed by atoms with Crippen molar-refractivity contribution in [2.75, 3.05) is 6.54 Å². The number of hydrogen-bond acceptors (Lipinski definition) is 6. The van der Waals surface area contributed by atoms with Crippen LogP contribution in [0.3, 0.4) is 0 Å². The molecule has 0 unspecified atom stereocenters. The molecule has 3 aromatic rings. The third-order valence-corrected chi connectivity index (χ3v) is 4.81. The average Bonchev–Trinajstić information content (AvgIpc) is 3.31. The standard InChI is InChI=1S/C14H15N7OS/c1-20-6-9(5-17-20)11-3-2-4-21(11)14(22)10-7-23-13(18-10)12-15-8-16-19-12/h5-8,11H,2-4H2,1H3,(H,15,16,19)/t11-/m1/s1. The molecular weight excluding hydrogens is 314 g/mol. The Balaban J connectivity index is 1.58. The number of nitrogens with one attached hydrogen (secondary N) is 1. The molecule has 0 aromatic carbocycles.